The van der Waals surface area contributed by atoms with Crippen LogP contribution in [0.4, 0.5) is 4.39 Å². The number of hydrogen-bond acceptors (Lipinski definition) is 3. The molecule has 0 spiro atoms. The zero-order valence-corrected chi connectivity index (χ0v) is 11.3. The summed E-state index contributed by atoms with van der Waals surface area (Å²) in [5.41, 5.74) is 0. The molecule has 7 heteroatoms. The Morgan fingerprint density at radius 2 is 2.12 bits per heavy atom. The number of nitrogens with zero attached hydrogens (tertiary/aromatic N) is 1. The molecule has 1 aromatic rings. The van der Waals surface area contributed by atoms with E-state index in [-0.39, 0.29) is 11.4 Å². The molecular formula is C10H11BrFNO3S. The summed E-state index contributed by atoms with van der Waals surface area (Å²) >= 11 is 3.08. The summed E-state index contributed by atoms with van der Waals surface area (Å²) in [5, 5.41) is 0. The lowest BCUT2D eigenvalue weighted by Crippen LogP contribution is -2.36. The first-order valence-corrected chi connectivity index (χ1v) is 7.36. The molecule has 1 saturated heterocycles. The van der Waals surface area contributed by atoms with E-state index < -0.39 is 15.8 Å². The number of sulfonamides is 1. The molecule has 4 nitrogen and oxygen atoms in total. The summed E-state index contributed by atoms with van der Waals surface area (Å²) in [7, 11) is -3.89. The van der Waals surface area contributed by atoms with Gasteiger partial charge in [0.15, 0.2) is 0 Å². The molecule has 0 bridgehead atoms. The van der Waals surface area contributed by atoms with E-state index in [1.54, 1.807) is 0 Å². The van der Waals surface area contributed by atoms with Crippen LogP contribution in [-0.2, 0) is 14.9 Å². The second-order valence-electron chi connectivity index (χ2n) is 3.65. The van der Waals surface area contributed by atoms with Gasteiger partial charge in [0, 0.05) is 11.0 Å². The van der Waals surface area contributed by atoms with Gasteiger partial charge in [0.1, 0.15) is 10.7 Å². The van der Waals surface area contributed by atoms with Crippen molar-refractivity contribution in [3.8, 4) is 0 Å². The first-order chi connectivity index (χ1) is 8.01. The highest BCUT2D eigenvalue weighted by atomic mass is 79.9. The Kier molecular flexibility index (Phi) is 3.82. The van der Waals surface area contributed by atoms with Crippen molar-refractivity contribution < 1.29 is 17.6 Å². The average molecular weight is 324 g/mol. The summed E-state index contributed by atoms with van der Waals surface area (Å²) in [4.78, 5) is 4.69. The Morgan fingerprint density at radius 3 is 2.71 bits per heavy atom. The van der Waals surface area contributed by atoms with Gasteiger partial charge in [0.2, 0.25) is 0 Å². The molecule has 1 heterocycles. The smallest absolute Gasteiger partial charge is 0.267 e. The molecule has 1 aliphatic heterocycles. The van der Waals surface area contributed by atoms with Crippen LogP contribution >= 0.6 is 15.9 Å². The molecule has 0 saturated carbocycles. The van der Waals surface area contributed by atoms with E-state index in [2.05, 4.69) is 15.9 Å². The largest absolute Gasteiger partial charge is 0.284 e. The summed E-state index contributed by atoms with van der Waals surface area (Å²) < 4.78 is 39.1. The first kappa shape index (κ1) is 12.9. The van der Waals surface area contributed by atoms with E-state index in [1.807, 2.05) is 0 Å². The van der Waals surface area contributed by atoms with Gasteiger partial charge in [-0.2, -0.15) is 0 Å². The third kappa shape index (κ3) is 2.67. The second kappa shape index (κ2) is 5.01. The molecule has 1 aromatic carbocycles. The standard InChI is InChI=1S/C10H11BrFNO3S/c11-8-3-4-10(9(12)7-8)17(14,15)13-5-1-2-6-16-13/h3-4,7H,1-2,5-6H2. The SMILES string of the molecule is O=S(=O)(c1ccc(Br)cc1F)N1CCCCO1. The normalized spacial score (nSPS) is 18.2. The van der Waals surface area contributed by atoms with E-state index in [0.29, 0.717) is 11.1 Å². The second-order valence-corrected chi connectivity index (χ2v) is 6.36. The summed E-state index contributed by atoms with van der Waals surface area (Å²) in [5.74, 6) is -0.784. The Hall–Kier alpha value is -0.500. The van der Waals surface area contributed by atoms with Gasteiger partial charge in [-0.3, -0.25) is 4.84 Å². The van der Waals surface area contributed by atoms with Crippen molar-refractivity contribution in [3.05, 3.63) is 28.5 Å². The average Bonchev–Trinajstić information content (AvgIpc) is 2.29. The van der Waals surface area contributed by atoms with Crippen LogP contribution < -0.4 is 0 Å². The minimum atomic E-state index is -3.89. The molecule has 17 heavy (non-hydrogen) atoms. The summed E-state index contributed by atoms with van der Waals surface area (Å²) in [6.45, 7) is 0.606. The summed E-state index contributed by atoms with van der Waals surface area (Å²) in [6.07, 6.45) is 1.53. The third-order valence-electron chi connectivity index (χ3n) is 2.41. The number of halogens is 2. The van der Waals surface area contributed by atoms with Crippen molar-refractivity contribution in [2.24, 2.45) is 0 Å². The molecule has 94 valence electrons. The van der Waals surface area contributed by atoms with Gasteiger partial charge in [-0.1, -0.05) is 20.4 Å². The van der Waals surface area contributed by atoms with E-state index in [9.17, 15) is 12.8 Å². The van der Waals surface area contributed by atoms with Crippen LogP contribution in [-0.4, -0.2) is 26.0 Å². The molecule has 0 unspecified atom stereocenters. The number of rotatable bonds is 2. The maximum absolute atomic E-state index is 13.6. The van der Waals surface area contributed by atoms with Crippen molar-refractivity contribution in [2.75, 3.05) is 13.2 Å². The van der Waals surface area contributed by atoms with Crippen LogP contribution in [0.3, 0.4) is 0 Å². The molecule has 0 aromatic heterocycles. The predicted octanol–water partition coefficient (Wildman–Crippen LogP) is 2.30. The minimum absolute atomic E-state index is 0.262. The molecule has 0 amide bonds. The van der Waals surface area contributed by atoms with Crippen LogP contribution in [0.1, 0.15) is 12.8 Å². The fraction of sp³-hybridized carbons (Fsp3) is 0.400. The van der Waals surface area contributed by atoms with Crippen molar-refractivity contribution in [2.45, 2.75) is 17.7 Å². The molecule has 0 radical (unpaired) electrons. The Bertz CT molecular complexity index is 514. The van der Waals surface area contributed by atoms with Gasteiger partial charge < -0.3 is 0 Å². The van der Waals surface area contributed by atoms with E-state index in [4.69, 9.17) is 4.84 Å². The molecule has 0 aliphatic carbocycles. The first-order valence-electron chi connectivity index (χ1n) is 5.12. The molecule has 1 fully saturated rings. The molecule has 0 N–H and O–H groups in total. The monoisotopic (exact) mass is 323 g/mol. The van der Waals surface area contributed by atoms with Crippen molar-refractivity contribution >= 4 is 26.0 Å². The maximum atomic E-state index is 13.6. The zero-order valence-electron chi connectivity index (χ0n) is 8.90. The van der Waals surface area contributed by atoms with E-state index >= 15 is 0 Å². The van der Waals surface area contributed by atoms with Crippen molar-refractivity contribution in [3.63, 3.8) is 0 Å². The van der Waals surface area contributed by atoms with Crippen LogP contribution in [0.25, 0.3) is 0 Å². The minimum Gasteiger partial charge on any atom is -0.284 e. The van der Waals surface area contributed by atoms with E-state index in [1.165, 1.54) is 12.1 Å². The van der Waals surface area contributed by atoms with Gasteiger partial charge in [-0.25, -0.2) is 12.8 Å². The van der Waals surface area contributed by atoms with Gasteiger partial charge in [-0.15, -0.1) is 0 Å². The molecule has 1 aliphatic rings. The van der Waals surface area contributed by atoms with E-state index in [0.717, 1.165) is 23.4 Å². The summed E-state index contributed by atoms with van der Waals surface area (Å²) in [6, 6.07) is 3.84. The van der Waals surface area contributed by atoms with Crippen molar-refractivity contribution in [1.82, 2.24) is 4.47 Å². The Morgan fingerprint density at radius 1 is 1.35 bits per heavy atom. The van der Waals surface area contributed by atoms with Crippen LogP contribution in [0.15, 0.2) is 27.6 Å². The van der Waals surface area contributed by atoms with Crippen LogP contribution in [0.2, 0.25) is 0 Å². The Balaban J connectivity index is 2.37. The quantitative estimate of drug-likeness (QED) is 0.839. The lowest BCUT2D eigenvalue weighted by molar-refractivity contribution is -0.109. The number of hydroxylamine groups is 1. The highest BCUT2D eigenvalue weighted by Crippen LogP contribution is 2.24. The van der Waals surface area contributed by atoms with Gasteiger partial charge in [0.05, 0.1) is 6.61 Å². The van der Waals surface area contributed by atoms with Gasteiger partial charge in [-0.05, 0) is 31.0 Å². The number of benzene rings is 1. The highest BCUT2D eigenvalue weighted by molar-refractivity contribution is 9.10. The molecule has 2 rings (SSSR count). The van der Waals surface area contributed by atoms with Crippen molar-refractivity contribution in [1.29, 1.82) is 0 Å². The third-order valence-corrected chi connectivity index (χ3v) is 4.61. The zero-order chi connectivity index (χ0) is 12.5. The van der Waals surface area contributed by atoms with Gasteiger partial charge in [0.25, 0.3) is 10.0 Å². The number of hydrogen-bond donors (Lipinski definition) is 0. The fourth-order valence-electron chi connectivity index (χ4n) is 1.56. The topological polar surface area (TPSA) is 46.6 Å². The van der Waals surface area contributed by atoms with Crippen LogP contribution in [0, 0.1) is 5.82 Å². The van der Waals surface area contributed by atoms with Crippen LogP contribution in [0.5, 0.6) is 0 Å². The lowest BCUT2D eigenvalue weighted by atomic mass is 10.3. The lowest BCUT2D eigenvalue weighted by Gasteiger charge is -2.25. The predicted molar refractivity (Wildman–Crippen MR) is 63.2 cm³/mol. The highest BCUT2D eigenvalue weighted by Gasteiger charge is 2.29. The molecular weight excluding hydrogens is 313 g/mol. The Labute approximate surface area is 108 Å². The van der Waals surface area contributed by atoms with Gasteiger partial charge >= 0.3 is 0 Å². The maximum Gasteiger partial charge on any atom is 0.267 e. The fourth-order valence-corrected chi connectivity index (χ4v) is 3.24. The molecule has 0 atom stereocenters.